The number of rotatable bonds is 10. The number of aromatic nitrogens is 8. The number of H-pyrrole nitrogens is 1. The van der Waals surface area contributed by atoms with Gasteiger partial charge in [-0.2, -0.15) is 18.1 Å². The van der Waals surface area contributed by atoms with Crippen LogP contribution in [0.2, 0.25) is 0 Å². The second kappa shape index (κ2) is 12.1. The number of imidazole rings is 2. The van der Waals surface area contributed by atoms with E-state index in [4.69, 9.17) is 13.7 Å². The van der Waals surface area contributed by atoms with Crippen LogP contribution in [0.5, 0.6) is 0 Å². The number of fused-ring (bicyclic) bond motifs is 2. The van der Waals surface area contributed by atoms with Gasteiger partial charge in [-0.3, -0.25) is 29.0 Å². The molecular formula is C24H28F2N10O8S. The molecule has 0 aromatic carbocycles. The van der Waals surface area contributed by atoms with E-state index in [9.17, 15) is 27.5 Å². The first-order valence-electron chi connectivity index (χ1n) is 13.7. The Bertz CT molecular complexity index is 1880. The Morgan fingerprint density at radius 3 is 2.69 bits per heavy atom. The SMILES string of the molecule is CC(C)C(=O)Nc1nc2c(ncn2[C@@H]2O[C@H](CO)[C@@H](F)[C@H]2OS(=O)(=O)NC[C@@H]2C[C@@H](F)[C@H](n3cnc4cncnc43)O2)c(=O)[nH]1. The third-order valence-electron chi connectivity index (χ3n) is 7.28. The fraction of sp³-hybridized carbons (Fsp3) is 0.542. The van der Waals surface area contributed by atoms with E-state index in [1.54, 1.807) is 13.8 Å². The molecule has 2 fully saturated rings. The van der Waals surface area contributed by atoms with E-state index in [-0.39, 0.29) is 23.5 Å². The van der Waals surface area contributed by atoms with Crippen LogP contribution in [0.4, 0.5) is 14.7 Å². The summed E-state index contributed by atoms with van der Waals surface area (Å²) < 4.78 is 77.3. The molecule has 242 valence electrons. The predicted octanol–water partition coefficient (Wildman–Crippen LogP) is -0.373. The maximum atomic E-state index is 15.4. The average molecular weight is 655 g/mol. The Labute approximate surface area is 252 Å². The van der Waals surface area contributed by atoms with Gasteiger partial charge in [0.25, 0.3) is 5.56 Å². The molecule has 0 radical (unpaired) electrons. The third kappa shape index (κ3) is 6.01. The van der Waals surface area contributed by atoms with Crippen LogP contribution in [0.3, 0.4) is 0 Å². The number of aliphatic hydroxyl groups excluding tert-OH is 1. The van der Waals surface area contributed by atoms with E-state index in [1.807, 2.05) is 0 Å². The predicted molar refractivity (Wildman–Crippen MR) is 148 cm³/mol. The van der Waals surface area contributed by atoms with Crippen molar-refractivity contribution in [2.24, 2.45) is 5.92 Å². The Morgan fingerprint density at radius 2 is 1.93 bits per heavy atom. The van der Waals surface area contributed by atoms with Crippen molar-refractivity contribution >= 4 is 44.5 Å². The Balaban J connectivity index is 1.18. The number of amides is 1. The second-order valence-corrected chi connectivity index (χ2v) is 12.1. The molecule has 6 heterocycles. The number of aliphatic hydroxyl groups is 1. The number of nitrogens with zero attached hydrogens (tertiary/aromatic N) is 7. The van der Waals surface area contributed by atoms with Crippen molar-refractivity contribution < 1.29 is 40.8 Å². The molecule has 21 heteroatoms. The van der Waals surface area contributed by atoms with Crippen LogP contribution in [-0.4, -0.2) is 102 Å². The van der Waals surface area contributed by atoms with E-state index in [0.29, 0.717) is 11.2 Å². The first-order chi connectivity index (χ1) is 21.5. The summed E-state index contributed by atoms with van der Waals surface area (Å²) in [4.78, 5) is 47.3. The third-order valence-corrected chi connectivity index (χ3v) is 8.28. The molecule has 2 aliphatic rings. The highest BCUT2D eigenvalue weighted by Gasteiger charge is 2.50. The largest absolute Gasteiger partial charge is 0.394 e. The number of carbonyl (C=O) groups excluding carboxylic acids is 1. The zero-order valence-electron chi connectivity index (χ0n) is 23.6. The first-order valence-corrected chi connectivity index (χ1v) is 15.1. The van der Waals surface area contributed by atoms with E-state index in [1.165, 1.54) is 23.4 Å². The fourth-order valence-corrected chi connectivity index (χ4v) is 5.98. The lowest BCUT2D eigenvalue weighted by atomic mass is 10.1. The summed E-state index contributed by atoms with van der Waals surface area (Å²) in [6.07, 6.45) is -5.75. The van der Waals surface area contributed by atoms with Gasteiger partial charge in [0.15, 0.2) is 41.5 Å². The van der Waals surface area contributed by atoms with E-state index in [2.05, 4.69) is 39.9 Å². The highest BCUT2D eigenvalue weighted by molar-refractivity contribution is 7.84. The van der Waals surface area contributed by atoms with Gasteiger partial charge in [-0.05, 0) is 0 Å². The smallest absolute Gasteiger partial charge is 0.336 e. The Hall–Kier alpha value is -4.02. The summed E-state index contributed by atoms with van der Waals surface area (Å²) in [5.74, 6) is -1.13. The number of ether oxygens (including phenoxy) is 2. The van der Waals surface area contributed by atoms with Crippen LogP contribution in [0, 0.1) is 5.92 Å². The molecule has 2 aliphatic heterocycles. The van der Waals surface area contributed by atoms with Crippen molar-refractivity contribution in [2.75, 3.05) is 18.5 Å². The second-order valence-electron chi connectivity index (χ2n) is 10.7. The quantitative estimate of drug-likeness (QED) is 0.171. The van der Waals surface area contributed by atoms with E-state index < -0.39 is 84.0 Å². The van der Waals surface area contributed by atoms with Crippen LogP contribution in [-0.2, 0) is 28.8 Å². The zero-order valence-corrected chi connectivity index (χ0v) is 24.5. The minimum Gasteiger partial charge on any atom is -0.394 e. The number of carbonyl (C=O) groups is 1. The molecule has 7 atom stereocenters. The minimum absolute atomic E-state index is 0.177. The lowest BCUT2D eigenvalue weighted by Gasteiger charge is -2.21. The molecule has 0 unspecified atom stereocenters. The van der Waals surface area contributed by atoms with Crippen molar-refractivity contribution in [2.45, 2.75) is 63.4 Å². The van der Waals surface area contributed by atoms with Gasteiger partial charge in [0, 0.05) is 18.9 Å². The summed E-state index contributed by atoms with van der Waals surface area (Å²) in [7, 11) is -4.73. The van der Waals surface area contributed by atoms with Crippen molar-refractivity contribution in [1.29, 1.82) is 0 Å². The number of halogens is 2. The average Bonchev–Trinajstić information content (AvgIpc) is 3.77. The van der Waals surface area contributed by atoms with Crippen LogP contribution in [0.25, 0.3) is 22.3 Å². The van der Waals surface area contributed by atoms with Gasteiger partial charge in [0.2, 0.25) is 11.9 Å². The molecule has 1 amide bonds. The van der Waals surface area contributed by atoms with Crippen molar-refractivity contribution in [3.05, 3.63) is 35.5 Å². The zero-order chi connectivity index (χ0) is 32.0. The summed E-state index contributed by atoms with van der Waals surface area (Å²) in [6.45, 7) is 1.99. The van der Waals surface area contributed by atoms with Crippen molar-refractivity contribution in [3.8, 4) is 0 Å². The van der Waals surface area contributed by atoms with Gasteiger partial charge in [-0.15, -0.1) is 0 Å². The number of aromatic amines is 1. The first kappa shape index (κ1) is 31.0. The van der Waals surface area contributed by atoms with Crippen molar-refractivity contribution in [3.63, 3.8) is 0 Å². The summed E-state index contributed by atoms with van der Waals surface area (Å²) >= 11 is 0. The number of hydrogen-bond donors (Lipinski definition) is 4. The van der Waals surface area contributed by atoms with Gasteiger partial charge in [-0.25, -0.2) is 32.9 Å². The molecule has 0 spiro atoms. The normalized spacial score (nSPS) is 27.2. The number of anilines is 1. The molecule has 6 rings (SSSR count). The molecular weight excluding hydrogens is 626 g/mol. The Morgan fingerprint density at radius 1 is 1.18 bits per heavy atom. The standard InChI is InChI=1S/C24H28F2N10O8S/c1-10(2)20(38)33-24-32-19-16(21(39)34-24)30-9-36(19)23-17(15(26)14(6-37)43-23)44-45(40,41)31-4-11-3-12(25)22(42-11)35-8-29-13-5-27-7-28-18(13)35/h5,7-12,14-15,17,22-23,31,37H,3-4,6H2,1-2H3,(H2,32,33,34,38,39)/t11-,12+,14+,15+,17+,22+,23+/m0/s1. The lowest BCUT2D eigenvalue weighted by molar-refractivity contribution is -0.118. The number of alkyl halides is 2. The summed E-state index contributed by atoms with van der Waals surface area (Å²) in [5, 5.41) is 12.1. The topological polar surface area (TPSA) is 230 Å². The van der Waals surface area contributed by atoms with Gasteiger partial charge < -0.3 is 14.6 Å². The highest BCUT2D eigenvalue weighted by atomic mass is 32.2. The Kier molecular flexibility index (Phi) is 8.30. The van der Waals surface area contributed by atoms with Crippen molar-refractivity contribution in [1.82, 2.24) is 43.8 Å². The maximum Gasteiger partial charge on any atom is 0.336 e. The highest BCUT2D eigenvalue weighted by Crippen LogP contribution is 2.36. The number of hydrogen-bond acceptors (Lipinski definition) is 13. The van der Waals surface area contributed by atoms with E-state index >= 15 is 4.39 Å². The maximum absolute atomic E-state index is 15.4. The molecule has 0 bridgehead atoms. The fourth-order valence-electron chi connectivity index (χ4n) is 5.02. The molecule has 0 aliphatic carbocycles. The van der Waals surface area contributed by atoms with E-state index in [0.717, 1.165) is 10.9 Å². The molecule has 4 N–H and O–H groups in total. The molecule has 2 saturated heterocycles. The van der Waals surface area contributed by atoms with Crippen LogP contribution in [0.15, 0.2) is 30.0 Å². The van der Waals surface area contributed by atoms with Crippen LogP contribution < -0.4 is 15.6 Å². The van der Waals surface area contributed by atoms with Crippen LogP contribution >= 0.6 is 0 Å². The van der Waals surface area contributed by atoms with Gasteiger partial charge in [0.05, 0.1) is 31.6 Å². The molecule has 18 nitrogen and oxygen atoms in total. The lowest BCUT2D eigenvalue weighted by Crippen LogP contribution is -2.40. The van der Waals surface area contributed by atoms with Gasteiger partial charge in [0.1, 0.15) is 24.1 Å². The van der Waals surface area contributed by atoms with Crippen LogP contribution in [0.1, 0.15) is 32.7 Å². The molecule has 0 saturated carbocycles. The molecule has 4 aromatic heterocycles. The summed E-state index contributed by atoms with van der Waals surface area (Å²) in [5.41, 5.74) is -0.378. The summed E-state index contributed by atoms with van der Waals surface area (Å²) in [6, 6.07) is 0. The van der Waals surface area contributed by atoms with Gasteiger partial charge in [-0.1, -0.05) is 13.8 Å². The monoisotopic (exact) mass is 654 g/mol. The van der Waals surface area contributed by atoms with Gasteiger partial charge >= 0.3 is 10.3 Å². The molecule has 4 aromatic rings. The number of nitrogens with one attached hydrogen (secondary N) is 3. The molecule has 45 heavy (non-hydrogen) atoms. The minimum atomic E-state index is -4.73.